The third-order valence-corrected chi connectivity index (χ3v) is 5.08. The zero-order valence-electron chi connectivity index (χ0n) is 12.5. The lowest BCUT2D eigenvalue weighted by atomic mass is 9.94. The molecule has 1 fully saturated rings. The Morgan fingerprint density at radius 1 is 1.29 bits per heavy atom. The maximum atomic E-state index is 12.2. The molecule has 1 aliphatic carbocycles. The molecule has 4 heteroatoms. The summed E-state index contributed by atoms with van der Waals surface area (Å²) in [6.45, 7) is 0. The highest BCUT2D eigenvalue weighted by molar-refractivity contribution is 7.99. The molecule has 1 aromatic carbocycles. The van der Waals surface area contributed by atoms with Gasteiger partial charge in [0.05, 0.1) is 17.4 Å². The summed E-state index contributed by atoms with van der Waals surface area (Å²) in [4.78, 5) is 14.1. The molecule has 1 aliphatic rings. The van der Waals surface area contributed by atoms with Crippen molar-refractivity contribution < 1.29 is 4.79 Å². The van der Waals surface area contributed by atoms with Crippen molar-refractivity contribution in [1.29, 1.82) is 5.26 Å². The van der Waals surface area contributed by atoms with E-state index in [1.54, 1.807) is 11.8 Å². The first-order valence-electron chi connectivity index (χ1n) is 7.53. The number of carbonyl (C=O) groups excluding carboxylic acids is 1. The van der Waals surface area contributed by atoms with Gasteiger partial charge in [-0.25, -0.2) is 0 Å². The van der Waals surface area contributed by atoms with Gasteiger partial charge in [0.1, 0.15) is 0 Å². The van der Waals surface area contributed by atoms with Crippen LogP contribution >= 0.6 is 11.8 Å². The lowest BCUT2D eigenvalue weighted by molar-refractivity contribution is -0.129. The smallest absolute Gasteiger partial charge is 0.232 e. The fraction of sp³-hybridized carbons (Fsp3) is 0.529. The van der Waals surface area contributed by atoms with Gasteiger partial charge in [-0.1, -0.05) is 31.4 Å². The molecule has 0 spiro atoms. The molecular formula is C17H22N2OS. The Kier molecular flexibility index (Phi) is 6.13. The summed E-state index contributed by atoms with van der Waals surface area (Å²) in [5.41, 5.74) is 1.84. The molecule has 1 amide bonds. The van der Waals surface area contributed by atoms with Crippen LogP contribution in [0.4, 0.5) is 0 Å². The van der Waals surface area contributed by atoms with Gasteiger partial charge in [-0.05, 0) is 30.5 Å². The van der Waals surface area contributed by atoms with Gasteiger partial charge in [-0.3, -0.25) is 4.79 Å². The molecule has 3 nitrogen and oxygen atoms in total. The number of benzene rings is 1. The van der Waals surface area contributed by atoms with Gasteiger partial charge >= 0.3 is 0 Å². The van der Waals surface area contributed by atoms with E-state index in [-0.39, 0.29) is 5.91 Å². The van der Waals surface area contributed by atoms with Crippen molar-refractivity contribution in [3.8, 4) is 6.07 Å². The van der Waals surface area contributed by atoms with Crippen LogP contribution in [0.1, 0.15) is 43.2 Å². The third-order valence-electron chi connectivity index (χ3n) is 4.09. The van der Waals surface area contributed by atoms with Crippen LogP contribution in [-0.4, -0.2) is 29.6 Å². The van der Waals surface area contributed by atoms with Gasteiger partial charge in [-0.15, -0.1) is 11.8 Å². The van der Waals surface area contributed by atoms with E-state index in [2.05, 4.69) is 6.07 Å². The fourth-order valence-corrected chi connectivity index (χ4v) is 3.61. The zero-order valence-corrected chi connectivity index (χ0v) is 13.4. The lowest BCUT2D eigenvalue weighted by Crippen LogP contribution is -2.39. The Morgan fingerprint density at radius 3 is 2.57 bits per heavy atom. The van der Waals surface area contributed by atoms with Gasteiger partial charge in [0.2, 0.25) is 5.91 Å². The molecular weight excluding hydrogens is 280 g/mol. The summed E-state index contributed by atoms with van der Waals surface area (Å²) >= 11 is 1.65. The van der Waals surface area contributed by atoms with E-state index < -0.39 is 0 Å². The van der Waals surface area contributed by atoms with Gasteiger partial charge in [0.25, 0.3) is 0 Å². The lowest BCUT2D eigenvalue weighted by Gasteiger charge is -2.31. The van der Waals surface area contributed by atoms with Crippen LogP contribution in [0.25, 0.3) is 0 Å². The molecule has 2 rings (SSSR count). The Morgan fingerprint density at radius 2 is 1.95 bits per heavy atom. The molecule has 0 atom stereocenters. The number of rotatable bonds is 5. The first-order chi connectivity index (χ1) is 10.2. The normalized spacial score (nSPS) is 15.4. The van der Waals surface area contributed by atoms with Crippen molar-refractivity contribution >= 4 is 17.7 Å². The second kappa shape index (κ2) is 8.09. The standard InChI is InChI=1S/C17H22N2OS/c1-19(16-5-3-2-4-6-16)17(20)13-21-12-15-9-7-14(11-18)8-10-15/h7-10,16H,2-6,12-13H2,1H3. The maximum Gasteiger partial charge on any atom is 0.232 e. The van der Waals surface area contributed by atoms with E-state index in [0.717, 1.165) is 24.2 Å². The molecule has 0 unspecified atom stereocenters. The van der Waals surface area contributed by atoms with Crippen LogP contribution in [-0.2, 0) is 10.5 Å². The van der Waals surface area contributed by atoms with E-state index in [1.165, 1.54) is 19.3 Å². The zero-order chi connectivity index (χ0) is 15.1. The summed E-state index contributed by atoms with van der Waals surface area (Å²) in [5.74, 6) is 1.59. The minimum Gasteiger partial charge on any atom is -0.342 e. The summed E-state index contributed by atoms with van der Waals surface area (Å²) in [7, 11) is 1.95. The second-order valence-electron chi connectivity index (χ2n) is 5.60. The van der Waals surface area contributed by atoms with E-state index in [4.69, 9.17) is 5.26 Å². The van der Waals surface area contributed by atoms with Crippen molar-refractivity contribution in [3.05, 3.63) is 35.4 Å². The van der Waals surface area contributed by atoms with Crippen LogP contribution in [0, 0.1) is 11.3 Å². The van der Waals surface area contributed by atoms with Crippen molar-refractivity contribution in [2.75, 3.05) is 12.8 Å². The topological polar surface area (TPSA) is 44.1 Å². The number of nitriles is 1. The third kappa shape index (κ3) is 4.78. The largest absolute Gasteiger partial charge is 0.342 e. The van der Waals surface area contributed by atoms with Crippen LogP contribution in [0.3, 0.4) is 0 Å². The van der Waals surface area contributed by atoms with E-state index in [1.807, 2.05) is 36.2 Å². The minimum atomic E-state index is 0.237. The Hall–Kier alpha value is -1.47. The summed E-state index contributed by atoms with van der Waals surface area (Å²) < 4.78 is 0. The number of hydrogen-bond acceptors (Lipinski definition) is 3. The fourth-order valence-electron chi connectivity index (χ4n) is 2.71. The van der Waals surface area contributed by atoms with Crippen molar-refractivity contribution in [2.24, 2.45) is 0 Å². The Labute approximate surface area is 131 Å². The minimum absolute atomic E-state index is 0.237. The Balaban J connectivity index is 1.74. The molecule has 0 radical (unpaired) electrons. The van der Waals surface area contributed by atoms with E-state index in [0.29, 0.717) is 17.4 Å². The van der Waals surface area contributed by atoms with Crippen LogP contribution < -0.4 is 0 Å². The number of thioether (sulfide) groups is 1. The highest BCUT2D eigenvalue weighted by atomic mass is 32.2. The summed E-state index contributed by atoms with van der Waals surface area (Å²) in [6, 6.07) is 10.1. The molecule has 0 heterocycles. The molecule has 1 saturated carbocycles. The average Bonchev–Trinajstić information content (AvgIpc) is 2.55. The highest BCUT2D eigenvalue weighted by Crippen LogP contribution is 2.22. The number of nitrogens with zero attached hydrogens (tertiary/aromatic N) is 2. The molecule has 0 aromatic heterocycles. The highest BCUT2D eigenvalue weighted by Gasteiger charge is 2.21. The van der Waals surface area contributed by atoms with E-state index in [9.17, 15) is 4.79 Å². The first-order valence-corrected chi connectivity index (χ1v) is 8.68. The monoisotopic (exact) mass is 302 g/mol. The molecule has 0 bridgehead atoms. The number of hydrogen-bond donors (Lipinski definition) is 0. The van der Waals surface area contributed by atoms with Gasteiger partial charge in [0.15, 0.2) is 0 Å². The predicted molar refractivity (Wildman–Crippen MR) is 87.0 cm³/mol. The molecule has 0 aliphatic heterocycles. The summed E-state index contributed by atoms with van der Waals surface area (Å²) in [6.07, 6.45) is 6.12. The maximum absolute atomic E-state index is 12.2. The molecule has 0 saturated heterocycles. The molecule has 0 N–H and O–H groups in total. The first kappa shape index (κ1) is 15.9. The number of amides is 1. The van der Waals surface area contributed by atoms with Crippen molar-refractivity contribution in [2.45, 2.75) is 43.9 Å². The van der Waals surface area contributed by atoms with Gasteiger partial charge in [0, 0.05) is 18.8 Å². The van der Waals surface area contributed by atoms with Crippen LogP contribution in [0.2, 0.25) is 0 Å². The SMILES string of the molecule is CN(C(=O)CSCc1ccc(C#N)cc1)C1CCCCC1. The summed E-state index contributed by atoms with van der Waals surface area (Å²) in [5, 5.41) is 8.76. The predicted octanol–water partition coefficient (Wildman–Crippen LogP) is 3.58. The van der Waals surface area contributed by atoms with Gasteiger partial charge < -0.3 is 4.90 Å². The van der Waals surface area contributed by atoms with Crippen molar-refractivity contribution in [3.63, 3.8) is 0 Å². The van der Waals surface area contributed by atoms with Gasteiger partial charge in [-0.2, -0.15) is 5.26 Å². The Bertz CT molecular complexity index is 501. The second-order valence-corrected chi connectivity index (χ2v) is 6.58. The number of carbonyl (C=O) groups is 1. The van der Waals surface area contributed by atoms with Crippen LogP contribution in [0.5, 0.6) is 0 Å². The average molecular weight is 302 g/mol. The van der Waals surface area contributed by atoms with Crippen molar-refractivity contribution in [1.82, 2.24) is 4.90 Å². The molecule has 21 heavy (non-hydrogen) atoms. The quantitative estimate of drug-likeness (QED) is 0.835. The molecule has 112 valence electrons. The van der Waals surface area contributed by atoms with Crippen LogP contribution in [0.15, 0.2) is 24.3 Å². The molecule has 1 aromatic rings. The van der Waals surface area contributed by atoms with E-state index >= 15 is 0 Å².